The van der Waals surface area contributed by atoms with Crippen LogP contribution in [0.2, 0.25) is 0 Å². The average Bonchev–Trinajstić information content (AvgIpc) is 3.06. The highest BCUT2D eigenvalue weighted by atomic mass is 31.2. The molecule has 8 nitrogen and oxygen atoms in total. The molecule has 0 radical (unpaired) electrons. The molecule has 1 amide bonds. The lowest BCUT2D eigenvalue weighted by atomic mass is 10.0. The Morgan fingerprint density at radius 3 is 1.36 bits per heavy atom. The number of carbonyl (C=O) groups is 1. The highest BCUT2D eigenvalue weighted by molar-refractivity contribution is 7.45. The van der Waals surface area contributed by atoms with Gasteiger partial charge in [0.1, 0.15) is 13.2 Å². The van der Waals surface area contributed by atoms with Gasteiger partial charge in [-0.1, -0.05) is 187 Å². The number of phosphoric ester groups is 1. The predicted octanol–water partition coefficient (Wildman–Crippen LogP) is 10.8. The number of aliphatic hydroxyl groups excluding tert-OH is 1. The highest BCUT2D eigenvalue weighted by Crippen LogP contribution is 2.38. The average molecular weight is 733 g/mol. The molecule has 0 aromatic carbocycles. The van der Waals surface area contributed by atoms with E-state index < -0.39 is 20.0 Å². The van der Waals surface area contributed by atoms with Gasteiger partial charge in [0.2, 0.25) is 5.91 Å². The van der Waals surface area contributed by atoms with Crippen LogP contribution >= 0.6 is 7.82 Å². The number of hydrogen-bond donors (Lipinski definition) is 2. The second-order valence-corrected chi connectivity index (χ2v) is 17.5. The molecule has 0 saturated carbocycles. The second kappa shape index (κ2) is 34.3. The second-order valence-electron chi connectivity index (χ2n) is 16.1. The quantitative estimate of drug-likeness (QED) is 0.0370. The third-order valence-electron chi connectivity index (χ3n) is 9.85. The molecule has 0 rings (SSSR count). The van der Waals surface area contributed by atoms with Gasteiger partial charge in [-0.15, -0.1) is 0 Å². The summed E-state index contributed by atoms with van der Waals surface area (Å²) in [6.07, 6.45) is 36.3. The van der Waals surface area contributed by atoms with Gasteiger partial charge in [0.25, 0.3) is 7.82 Å². The summed E-state index contributed by atoms with van der Waals surface area (Å²) in [6.45, 7) is 4.56. The minimum absolute atomic E-state index is 0.0143. The molecule has 0 heterocycles. The molecule has 9 heteroatoms. The molecule has 2 N–H and O–H groups in total. The lowest BCUT2D eigenvalue weighted by Crippen LogP contribution is -2.46. The van der Waals surface area contributed by atoms with Crippen molar-refractivity contribution in [1.29, 1.82) is 0 Å². The zero-order valence-corrected chi connectivity index (χ0v) is 34.8. The standard InChI is InChI=1S/C41H85N2O6P/c1-6-8-10-11-12-13-14-15-16-17-18-19-20-21-22-23-24-25-26-27-28-29-30-31-33-34-40(44)39(42-41(45)35-32-9-7-2)38-49-50(46,47)48-37-36-43(3,4)5/h39-40,44H,6-38H2,1-5H3,(H-,42,45,46,47). The largest absolute Gasteiger partial charge is 0.756 e. The van der Waals surface area contributed by atoms with Crippen molar-refractivity contribution in [1.82, 2.24) is 5.32 Å². The van der Waals surface area contributed by atoms with Gasteiger partial charge in [0, 0.05) is 6.42 Å². The Labute approximate surface area is 310 Å². The van der Waals surface area contributed by atoms with E-state index in [2.05, 4.69) is 19.2 Å². The van der Waals surface area contributed by atoms with Gasteiger partial charge in [0.15, 0.2) is 0 Å². The molecule has 3 unspecified atom stereocenters. The van der Waals surface area contributed by atoms with Gasteiger partial charge in [-0.3, -0.25) is 9.36 Å². The van der Waals surface area contributed by atoms with Crippen molar-refractivity contribution >= 4 is 13.7 Å². The van der Waals surface area contributed by atoms with Crippen LogP contribution in [0.4, 0.5) is 0 Å². The maximum atomic E-state index is 12.5. The Morgan fingerprint density at radius 2 is 0.980 bits per heavy atom. The topological polar surface area (TPSA) is 108 Å². The molecule has 0 bridgehead atoms. The van der Waals surface area contributed by atoms with E-state index in [4.69, 9.17) is 9.05 Å². The van der Waals surface area contributed by atoms with E-state index in [0.717, 1.165) is 38.5 Å². The van der Waals surface area contributed by atoms with Crippen LogP contribution in [-0.2, 0) is 18.4 Å². The fourth-order valence-electron chi connectivity index (χ4n) is 6.39. The molecule has 50 heavy (non-hydrogen) atoms. The maximum Gasteiger partial charge on any atom is 0.268 e. The Hall–Kier alpha value is -0.500. The first-order valence-electron chi connectivity index (χ1n) is 21.4. The number of phosphoric acid groups is 1. The van der Waals surface area contributed by atoms with Gasteiger partial charge in [-0.25, -0.2) is 0 Å². The van der Waals surface area contributed by atoms with E-state index in [0.29, 0.717) is 23.9 Å². The Bertz CT molecular complexity index is 794. The van der Waals surface area contributed by atoms with E-state index in [1.807, 2.05) is 21.1 Å². The summed E-state index contributed by atoms with van der Waals surface area (Å²) in [6, 6.07) is -0.789. The summed E-state index contributed by atoms with van der Waals surface area (Å²) in [4.78, 5) is 24.8. The van der Waals surface area contributed by atoms with Crippen LogP contribution in [0.1, 0.15) is 206 Å². The number of likely N-dealkylation sites (N-methyl/N-ethyl adjacent to an activating group) is 1. The number of nitrogens with one attached hydrogen (secondary N) is 1. The van der Waals surface area contributed by atoms with Crippen molar-refractivity contribution in [2.24, 2.45) is 0 Å². The Kier molecular flexibility index (Phi) is 33.9. The third-order valence-corrected chi connectivity index (χ3v) is 10.8. The SMILES string of the molecule is CCCCCCCCCCCCCCCCCCCCCCCCCCCC(O)C(COP(=O)([O-])OCC[N+](C)(C)C)NC(=O)CCCCC. The summed E-state index contributed by atoms with van der Waals surface area (Å²) in [5.74, 6) is -0.187. The fraction of sp³-hybridized carbons (Fsp3) is 0.976. The summed E-state index contributed by atoms with van der Waals surface area (Å²) < 4.78 is 23.0. The lowest BCUT2D eigenvalue weighted by molar-refractivity contribution is -0.870. The molecule has 0 aliphatic heterocycles. The summed E-state index contributed by atoms with van der Waals surface area (Å²) in [5.41, 5.74) is 0. The first kappa shape index (κ1) is 49.5. The van der Waals surface area contributed by atoms with Crippen molar-refractivity contribution < 1.29 is 32.9 Å². The Balaban J connectivity index is 3.88. The van der Waals surface area contributed by atoms with E-state index in [1.165, 1.54) is 141 Å². The van der Waals surface area contributed by atoms with Crippen molar-refractivity contribution in [3.05, 3.63) is 0 Å². The van der Waals surface area contributed by atoms with Crippen molar-refractivity contribution in [3.63, 3.8) is 0 Å². The zero-order valence-electron chi connectivity index (χ0n) is 33.9. The molecule has 3 atom stereocenters. The van der Waals surface area contributed by atoms with Gasteiger partial charge in [-0.05, 0) is 12.8 Å². The monoisotopic (exact) mass is 733 g/mol. The van der Waals surface area contributed by atoms with Crippen molar-refractivity contribution in [2.45, 2.75) is 219 Å². The maximum absolute atomic E-state index is 12.5. The number of hydrogen-bond acceptors (Lipinski definition) is 6. The molecule has 0 aromatic heterocycles. The lowest BCUT2D eigenvalue weighted by Gasteiger charge is -2.30. The van der Waals surface area contributed by atoms with E-state index in [9.17, 15) is 19.4 Å². The molecule has 0 aromatic rings. The smallest absolute Gasteiger partial charge is 0.268 e. The molecular weight excluding hydrogens is 647 g/mol. The minimum Gasteiger partial charge on any atom is -0.756 e. The van der Waals surface area contributed by atoms with Crippen molar-refractivity contribution in [3.8, 4) is 0 Å². The summed E-state index contributed by atoms with van der Waals surface area (Å²) >= 11 is 0. The number of unbranched alkanes of at least 4 members (excludes halogenated alkanes) is 26. The van der Waals surface area contributed by atoms with Gasteiger partial charge >= 0.3 is 0 Å². The van der Waals surface area contributed by atoms with E-state index >= 15 is 0 Å². The van der Waals surface area contributed by atoms with Crippen LogP contribution in [-0.4, -0.2) is 68.5 Å². The first-order valence-corrected chi connectivity index (χ1v) is 22.8. The molecule has 0 aliphatic rings. The van der Waals surface area contributed by atoms with Gasteiger partial charge < -0.3 is 28.8 Å². The molecule has 300 valence electrons. The van der Waals surface area contributed by atoms with E-state index in [-0.39, 0.29) is 19.1 Å². The van der Waals surface area contributed by atoms with Crippen LogP contribution in [0.5, 0.6) is 0 Å². The number of aliphatic hydroxyl groups is 1. The number of carbonyl (C=O) groups excluding carboxylic acids is 1. The molecule has 0 aliphatic carbocycles. The van der Waals surface area contributed by atoms with Crippen LogP contribution in [0.15, 0.2) is 0 Å². The number of quaternary nitrogens is 1. The molecule has 0 spiro atoms. The molecule has 0 fully saturated rings. The number of rotatable bonds is 39. The first-order chi connectivity index (χ1) is 24.0. The van der Waals surface area contributed by atoms with Crippen molar-refractivity contribution in [2.75, 3.05) is 40.9 Å². The van der Waals surface area contributed by atoms with E-state index in [1.54, 1.807) is 0 Å². The summed E-state index contributed by atoms with van der Waals surface area (Å²) in [7, 11) is 1.31. The molecule has 0 saturated heterocycles. The van der Waals surface area contributed by atoms with Gasteiger partial charge in [-0.2, -0.15) is 0 Å². The van der Waals surface area contributed by atoms with Crippen LogP contribution in [0.3, 0.4) is 0 Å². The number of nitrogens with zero attached hydrogens (tertiary/aromatic N) is 1. The summed E-state index contributed by atoms with van der Waals surface area (Å²) in [5, 5.41) is 13.7. The number of amides is 1. The van der Waals surface area contributed by atoms with Crippen LogP contribution < -0.4 is 10.2 Å². The van der Waals surface area contributed by atoms with Crippen LogP contribution in [0.25, 0.3) is 0 Å². The zero-order chi connectivity index (χ0) is 37.2. The Morgan fingerprint density at radius 1 is 0.620 bits per heavy atom. The third kappa shape index (κ3) is 35.9. The van der Waals surface area contributed by atoms with Crippen LogP contribution in [0, 0.1) is 0 Å². The fourth-order valence-corrected chi connectivity index (χ4v) is 7.12. The minimum atomic E-state index is -4.54. The highest BCUT2D eigenvalue weighted by Gasteiger charge is 2.24. The van der Waals surface area contributed by atoms with Gasteiger partial charge in [0.05, 0.1) is 39.9 Å². The predicted molar refractivity (Wildman–Crippen MR) is 210 cm³/mol. The normalized spacial score (nSPS) is 14.5. The molecular formula is C41H85N2O6P.